The zero-order chi connectivity index (χ0) is 12.6. The number of hydrogen-bond acceptors (Lipinski definition) is 3. The Morgan fingerprint density at radius 3 is 2.78 bits per heavy atom. The summed E-state index contributed by atoms with van der Waals surface area (Å²) in [4.78, 5) is 13.9. The molecule has 1 saturated heterocycles. The molecule has 1 aliphatic heterocycles. The first-order valence-corrected chi connectivity index (χ1v) is 6.82. The van der Waals surface area contributed by atoms with Crippen LogP contribution in [0.15, 0.2) is 18.5 Å². The van der Waals surface area contributed by atoms with Crippen molar-refractivity contribution in [2.45, 2.75) is 32.2 Å². The molecule has 0 aliphatic carbocycles. The Morgan fingerprint density at radius 2 is 2.06 bits per heavy atom. The van der Waals surface area contributed by atoms with Crippen molar-refractivity contribution < 1.29 is 4.79 Å². The second-order valence-corrected chi connectivity index (χ2v) is 4.71. The van der Waals surface area contributed by atoms with Crippen molar-refractivity contribution in [3.8, 4) is 0 Å². The number of carbonyl (C=O) groups is 1. The molecular formula is C13H22N4O. The molecule has 0 spiro atoms. The maximum Gasteiger partial charge on any atom is 0.223 e. The number of likely N-dealkylation sites (tertiary alicyclic amines) is 1. The molecule has 18 heavy (non-hydrogen) atoms. The molecule has 2 rings (SSSR count). The summed E-state index contributed by atoms with van der Waals surface area (Å²) in [5, 5.41) is 7.41. The fraction of sp³-hybridized carbons (Fsp3) is 0.692. The number of aromatic nitrogens is 2. The highest BCUT2D eigenvalue weighted by Crippen LogP contribution is 2.09. The van der Waals surface area contributed by atoms with Crippen LogP contribution in [0.2, 0.25) is 0 Å². The van der Waals surface area contributed by atoms with Gasteiger partial charge in [0.15, 0.2) is 0 Å². The van der Waals surface area contributed by atoms with Crippen molar-refractivity contribution >= 4 is 5.91 Å². The van der Waals surface area contributed by atoms with E-state index in [-0.39, 0.29) is 0 Å². The van der Waals surface area contributed by atoms with Crippen LogP contribution < -0.4 is 5.32 Å². The van der Waals surface area contributed by atoms with Gasteiger partial charge in [0.05, 0.1) is 6.54 Å². The number of carbonyl (C=O) groups excluding carboxylic acids is 1. The van der Waals surface area contributed by atoms with Crippen LogP contribution in [0.5, 0.6) is 0 Å². The first-order chi connectivity index (χ1) is 8.86. The Labute approximate surface area is 108 Å². The zero-order valence-electron chi connectivity index (χ0n) is 10.8. The Kier molecular flexibility index (Phi) is 5.20. The molecule has 1 N–H and O–H groups in total. The Morgan fingerprint density at radius 1 is 1.22 bits per heavy atom. The lowest BCUT2D eigenvalue weighted by molar-refractivity contribution is -0.131. The standard InChI is InChI=1S/C13H22N4O/c18-13(16-9-2-1-3-10-16)5-7-14-8-12-17-11-4-6-15-17/h4,6,11,14H,1-3,5,7-10,12H2. The molecule has 0 radical (unpaired) electrons. The quantitative estimate of drug-likeness (QED) is 0.762. The highest BCUT2D eigenvalue weighted by atomic mass is 16.2. The molecule has 1 fully saturated rings. The molecule has 0 saturated carbocycles. The number of rotatable bonds is 6. The fourth-order valence-corrected chi connectivity index (χ4v) is 2.25. The molecule has 0 aromatic carbocycles. The van der Waals surface area contributed by atoms with E-state index >= 15 is 0 Å². The van der Waals surface area contributed by atoms with Crippen LogP contribution in [0.25, 0.3) is 0 Å². The predicted molar refractivity (Wildman–Crippen MR) is 70.1 cm³/mol. The van der Waals surface area contributed by atoms with E-state index in [1.807, 2.05) is 21.8 Å². The first-order valence-electron chi connectivity index (χ1n) is 6.82. The van der Waals surface area contributed by atoms with Crippen LogP contribution in [0.3, 0.4) is 0 Å². The second-order valence-electron chi connectivity index (χ2n) is 4.71. The van der Waals surface area contributed by atoms with E-state index in [0.717, 1.165) is 32.7 Å². The smallest absolute Gasteiger partial charge is 0.223 e. The van der Waals surface area contributed by atoms with Crippen molar-refractivity contribution in [3.63, 3.8) is 0 Å². The second kappa shape index (κ2) is 7.16. The molecular weight excluding hydrogens is 228 g/mol. The fourth-order valence-electron chi connectivity index (χ4n) is 2.25. The normalized spacial score (nSPS) is 15.9. The van der Waals surface area contributed by atoms with Gasteiger partial charge in [-0.3, -0.25) is 9.48 Å². The maximum atomic E-state index is 11.9. The third-order valence-corrected chi connectivity index (χ3v) is 3.30. The van der Waals surface area contributed by atoms with Gasteiger partial charge in [-0.05, 0) is 25.3 Å². The van der Waals surface area contributed by atoms with Crippen LogP contribution in [-0.2, 0) is 11.3 Å². The van der Waals surface area contributed by atoms with E-state index in [4.69, 9.17) is 0 Å². The van der Waals surface area contributed by atoms with Crippen molar-refractivity contribution in [2.24, 2.45) is 0 Å². The third kappa shape index (κ3) is 4.14. The number of nitrogens with zero attached hydrogens (tertiary/aromatic N) is 3. The van der Waals surface area contributed by atoms with Crippen molar-refractivity contribution in [1.29, 1.82) is 0 Å². The van der Waals surface area contributed by atoms with E-state index in [0.29, 0.717) is 12.3 Å². The molecule has 0 atom stereocenters. The van der Waals surface area contributed by atoms with Crippen LogP contribution in [0.1, 0.15) is 25.7 Å². The highest BCUT2D eigenvalue weighted by molar-refractivity contribution is 5.76. The minimum Gasteiger partial charge on any atom is -0.343 e. The lowest BCUT2D eigenvalue weighted by atomic mass is 10.1. The van der Waals surface area contributed by atoms with Gasteiger partial charge >= 0.3 is 0 Å². The summed E-state index contributed by atoms with van der Waals surface area (Å²) in [5.74, 6) is 0.293. The van der Waals surface area contributed by atoms with Gasteiger partial charge in [0.1, 0.15) is 0 Å². The van der Waals surface area contributed by atoms with E-state index < -0.39 is 0 Å². The molecule has 5 nitrogen and oxygen atoms in total. The largest absolute Gasteiger partial charge is 0.343 e. The SMILES string of the molecule is O=C(CCNCCn1cccn1)N1CCCCC1. The van der Waals surface area contributed by atoms with Gasteiger partial charge in [0.25, 0.3) is 0 Å². The summed E-state index contributed by atoms with van der Waals surface area (Å²) < 4.78 is 1.89. The summed E-state index contributed by atoms with van der Waals surface area (Å²) >= 11 is 0. The minimum absolute atomic E-state index is 0.293. The molecule has 2 heterocycles. The Bertz CT molecular complexity index is 344. The number of amides is 1. The van der Waals surface area contributed by atoms with Gasteiger partial charge in [-0.1, -0.05) is 0 Å². The summed E-state index contributed by atoms with van der Waals surface area (Å²) in [5.41, 5.74) is 0. The highest BCUT2D eigenvalue weighted by Gasteiger charge is 2.15. The molecule has 100 valence electrons. The average Bonchev–Trinajstić information content (AvgIpc) is 2.92. The molecule has 1 aromatic rings. The molecule has 1 aliphatic rings. The lowest BCUT2D eigenvalue weighted by Gasteiger charge is -2.26. The van der Waals surface area contributed by atoms with E-state index in [2.05, 4.69) is 10.4 Å². The van der Waals surface area contributed by atoms with Crippen LogP contribution in [0.4, 0.5) is 0 Å². The van der Waals surface area contributed by atoms with Gasteiger partial charge < -0.3 is 10.2 Å². The van der Waals surface area contributed by atoms with Crippen molar-refractivity contribution in [3.05, 3.63) is 18.5 Å². The minimum atomic E-state index is 0.293. The van der Waals surface area contributed by atoms with E-state index in [9.17, 15) is 4.79 Å². The van der Waals surface area contributed by atoms with Gasteiger partial charge in [-0.2, -0.15) is 5.10 Å². The van der Waals surface area contributed by atoms with E-state index in [1.165, 1.54) is 19.3 Å². The maximum absolute atomic E-state index is 11.9. The Hall–Kier alpha value is -1.36. The lowest BCUT2D eigenvalue weighted by Crippen LogP contribution is -2.37. The summed E-state index contributed by atoms with van der Waals surface area (Å²) in [6.45, 7) is 4.37. The van der Waals surface area contributed by atoms with Gasteiger partial charge in [-0.15, -0.1) is 0 Å². The van der Waals surface area contributed by atoms with Crippen LogP contribution >= 0.6 is 0 Å². The number of piperidine rings is 1. The van der Waals surface area contributed by atoms with Gasteiger partial charge in [0.2, 0.25) is 5.91 Å². The average molecular weight is 250 g/mol. The van der Waals surface area contributed by atoms with Gasteiger partial charge in [-0.25, -0.2) is 0 Å². The van der Waals surface area contributed by atoms with Crippen molar-refractivity contribution in [1.82, 2.24) is 20.0 Å². The summed E-state index contributed by atoms with van der Waals surface area (Å²) in [6.07, 6.45) is 7.93. The predicted octanol–water partition coefficient (Wildman–Crippen LogP) is 0.875. The number of hydrogen-bond donors (Lipinski definition) is 1. The van der Waals surface area contributed by atoms with Crippen LogP contribution in [-0.4, -0.2) is 46.8 Å². The summed E-state index contributed by atoms with van der Waals surface area (Å²) in [7, 11) is 0. The first kappa shape index (κ1) is 13.1. The van der Waals surface area contributed by atoms with E-state index in [1.54, 1.807) is 6.20 Å². The molecule has 1 aromatic heterocycles. The molecule has 1 amide bonds. The molecule has 0 unspecified atom stereocenters. The van der Waals surface area contributed by atoms with Gasteiger partial charge in [0, 0.05) is 45.0 Å². The van der Waals surface area contributed by atoms with Crippen LogP contribution in [0, 0.1) is 0 Å². The monoisotopic (exact) mass is 250 g/mol. The Balaban J connectivity index is 1.53. The molecule has 0 bridgehead atoms. The molecule has 5 heteroatoms. The van der Waals surface area contributed by atoms with Crippen molar-refractivity contribution in [2.75, 3.05) is 26.2 Å². The third-order valence-electron chi connectivity index (χ3n) is 3.30. The number of nitrogens with one attached hydrogen (secondary N) is 1. The zero-order valence-corrected chi connectivity index (χ0v) is 10.8. The topological polar surface area (TPSA) is 50.2 Å². The summed E-state index contributed by atoms with van der Waals surface area (Å²) in [6, 6.07) is 1.92.